The highest BCUT2D eigenvalue weighted by Gasteiger charge is 2.74. The van der Waals surface area contributed by atoms with Gasteiger partial charge in [-0.25, -0.2) is 0 Å². The Bertz CT molecular complexity index is 494. The average molecular weight is 484 g/mol. The summed E-state index contributed by atoms with van der Waals surface area (Å²) in [5.41, 5.74) is 0. The molecule has 2 nitrogen and oxygen atoms in total. The number of rotatable bonds is 10. The van der Waals surface area contributed by atoms with Gasteiger partial charge in [-0.2, -0.15) is 61.5 Å². The molecule has 0 aliphatic carbocycles. The molecule has 0 amide bonds. The van der Waals surface area contributed by atoms with E-state index < -0.39 is 69.9 Å². The standard InChI is InChI=1S/C12H14F14O2Si/c1-3-29(4-2,27-5-7(13,14)9(17,18)11(21,22)23)28-6-8(15,16)10(19,20)12(24,25)26/h3-6H2,1-2H3. The van der Waals surface area contributed by atoms with Crippen molar-refractivity contribution < 1.29 is 70.3 Å². The molecular formula is C12H14F14O2Si. The third kappa shape index (κ3) is 5.65. The summed E-state index contributed by atoms with van der Waals surface area (Å²) in [4.78, 5) is 0. The van der Waals surface area contributed by atoms with Crippen molar-refractivity contribution in [3.8, 4) is 0 Å². The number of hydrogen-bond acceptors (Lipinski definition) is 2. The molecule has 0 aromatic carbocycles. The van der Waals surface area contributed by atoms with E-state index in [4.69, 9.17) is 0 Å². The zero-order valence-corrected chi connectivity index (χ0v) is 15.4. The molecule has 0 radical (unpaired) electrons. The molecule has 0 bridgehead atoms. The Labute approximate surface area is 155 Å². The first-order chi connectivity index (χ1) is 12.5. The second kappa shape index (κ2) is 8.36. The fraction of sp³-hybridized carbons (Fsp3) is 1.00. The normalized spacial score (nSPS) is 15.7. The van der Waals surface area contributed by atoms with Crippen LogP contribution in [-0.2, 0) is 8.85 Å². The van der Waals surface area contributed by atoms with Gasteiger partial charge >= 0.3 is 44.6 Å². The number of hydrogen-bond donors (Lipinski definition) is 0. The molecule has 0 fully saturated rings. The van der Waals surface area contributed by atoms with Gasteiger partial charge in [0.05, 0.1) is 0 Å². The lowest BCUT2D eigenvalue weighted by Crippen LogP contribution is -2.58. The van der Waals surface area contributed by atoms with Crippen LogP contribution in [0.25, 0.3) is 0 Å². The molecule has 0 spiro atoms. The molecule has 17 heteroatoms. The monoisotopic (exact) mass is 484 g/mol. The quantitative estimate of drug-likeness (QED) is 0.273. The van der Waals surface area contributed by atoms with E-state index in [-0.39, 0.29) is 0 Å². The van der Waals surface area contributed by atoms with Gasteiger partial charge in [0.15, 0.2) is 0 Å². The Morgan fingerprint density at radius 1 is 0.517 bits per heavy atom. The molecular weight excluding hydrogens is 470 g/mol. The van der Waals surface area contributed by atoms with Crippen LogP contribution in [0, 0.1) is 0 Å². The lowest BCUT2D eigenvalue weighted by molar-refractivity contribution is -0.361. The second-order valence-electron chi connectivity index (χ2n) is 5.75. The first-order valence-corrected chi connectivity index (χ1v) is 9.69. The maximum Gasteiger partial charge on any atom is 0.459 e. The lowest BCUT2D eigenvalue weighted by atomic mass is 10.2. The van der Waals surface area contributed by atoms with Gasteiger partial charge in [0, 0.05) is 0 Å². The maximum absolute atomic E-state index is 13.3. The molecule has 0 saturated heterocycles. The third-order valence-electron chi connectivity index (χ3n) is 3.74. The average Bonchev–Trinajstić information content (AvgIpc) is 2.53. The van der Waals surface area contributed by atoms with Crippen LogP contribution in [0.5, 0.6) is 0 Å². The minimum absolute atomic E-state index is 0.717. The van der Waals surface area contributed by atoms with Crippen molar-refractivity contribution in [2.75, 3.05) is 13.2 Å². The third-order valence-corrected chi connectivity index (χ3v) is 7.24. The summed E-state index contributed by atoms with van der Waals surface area (Å²) < 4.78 is 185. The Morgan fingerprint density at radius 2 is 0.759 bits per heavy atom. The molecule has 0 heterocycles. The van der Waals surface area contributed by atoms with E-state index in [1.54, 1.807) is 0 Å². The molecule has 0 unspecified atom stereocenters. The van der Waals surface area contributed by atoms with E-state index in [1.165, 1.54) is 0 Å². The van der Waals surface area contributed by atoms with Crippen molar-refractivity contribution in [1.29, 1.82) is 0 Å². The van der Waals surface area contributed by atoms with Crippen LogP contribution in [0.3, 0.4) is 0 Å². The van der Waals surface area contributed by atoms with E-state index >= 15 is 0 Å². The van der Waals surface area contributed by atoms with Gasteiger partial charge < -0.3 is 8.85 Å². The smallest absolute Gasteiger partial charge is 0.388 e. The molecule has 0 saturated carbocycles. The molecule has 0 aromatic heterocycles. The van der Waals surface area contributed by atoms with E-state index in [1.807, 2.05) is 0 Å². The van der Waals surface area contributed by atoms with Crippen LogP contribution >= 0.6 is 0 Å². The first kappa shape index (κ1) is 28.2. The number of alkyl halides is 14. The summed E-state index contributed by atoms with van der Waals surface area (Å²) >= 11 is 0. The van der Waals surface area contributed by atoms with Crippen molar-refractivity contribution in [3.05, 3.63) is 0 Å². The van der Waals surface area contributed by atoms with Crippen LogP contribution < -0.4 is 0 Å². The Hall–Kier alpha value is -0.843. The van der Waals surface area contributed by atoms with Gasteiger partial charge in [-0.3, -0.25) is 0 Å². The molecule has 0 aliphatic heterocycles. The largest absolute Gasteiger partial charge is 0.459 e. The predicted molar refractivity (Wildman–Crippen MR) is 70.5 cm³/mol. The summed E-state index contributed by atoms with van der Waals surface area (Å²) in [5.74, 6) is -25.0. The highest BCUT2D eigenvalue weighted by molar-refractivity contribution is 6.67. The van der Waals surface area contributed by atoms with E-state index in [0.717, 1.165) is 13.8 Å². The number of halogens is 14. The summed E-state index contributed by atoms with van der Waals surface area (Å²) in [6.07, 6.45) is -13.4. The molecule has 0 N–H and O–H groups in total. The zero-order valence-electron chi connectivity index (χ0n) is 14.4. The highest BCUT2D eigenvalue weighted by atomic mass is 28.4. The Morgan fingerprint density at radius 3 is 0.931 bits per heavy atom. The second-order valence-corrected chi connectivity index (χ2v) is 9.56. The van der Waals surface area contributed by atoms with Crippen LogP contribution in [0.4, 0.5) is 61.5 Å². The van der Waals surface area contributed by atoms with Crippen molar-refractivity contribution in [3.63, 3.8) is 0 Å². The Kier molecular flexibility index (Phi) is 8.11. The lowest BCUT2D eigenvalue weighted by Gasteiger charge is -2.35. The highest BCUT2D eigenvalue weighted by Crippen LogP contribution is 2.48. The summed E-state index contributed by atoms with van der Waals surface area (Å²) in [6.45, 7) is -3.52. The minimum Gasteiger partial charge on any atom is -0.388 e. The molecule has 0 rings (SSSR count). The van der Waals surface area contributed by atoms with Crippen molar-refractivity contribution in [2.45, 2.75) is 62.0 Å². The molecule has 29 heavy (non-hydrogen) atoms. The van der Waals surface area contributed by atoms with Gasteiger partial charge in [0.25, 0.3) is 0 Å². The zero-order chi connectivity index (χ0) is 23.7. The predicted octanol–water partition coefficient (Wildman–Crippen LogP) is 6.17. The van der Waals surface area contributed by atoms with Crippen molar-refractivity contribution in [1.82, 2.24) is 0 Å². The van der Waals surface area contributed by atoms with Crippen LogP contribution in [0.1, 0.15) is 13.8 Å². The van der Waals surface area contributed by atoms with Crippen molar-refractivity contribution in [2.24, 2.45) is 0 Å². The fourth-order valence-corrected chi connectivity index (χ4v) is 4.03. The van der Waals surface area contributed by atoms with Crippen molar-refractivity contribution >= 4 is 8.56 Å². The summed E-state index contributed by atoms with van der Waals surface area (Å²) in [7, 11) is -4.60. The van der Waals surface area contributed by atoms with E-state index in [9.17, 15) is 61.5 Å². The molecule has 0 atom stereocenters. The molecule has 0 aromatic rings. The van der Waals surface area contributed by atoms with Crippen LogP contribution in [0.15, 0.2) is 0 Å². The van der Waals surface area contributed by atoms with Crippen LogP contribution in [-0.4, -0.2) is 57.8 Å². The van der Waals surface area contributed by atoms with E-state index in [0.29, 0.717) is 0 Å². The van der Waals surface area contributed by atoms with Crippen LogP contribution in [0.2, 0.25) is 12.1 Å². The fourth-order valence-electron chi connectivity index (χ4n) is 1.74. The SMILES string of the molecule is CC[Si](CC)(OCC(F)(F)C(F)(F)C(F)(F)F)OCC(F)(F)C(F)(F)C(F)(F)F. The maximum atomic E-state index is 13.3. The topological polar surface area (TPSA) is 18.5 Å². The summed E-state index contributed by atoms with van der Waals surface area (Å²) in [5, 5.41) is 0. The first-order valence-electron chi connectivity index (χ1n) is 7.46. The Balaban J connectivity index is 5.51. The molecule has 0 aliphatic rings. The van der Waals surface area contributed by atoms with Gasteiger partial charge in [-0.05, 0) is 12.1 Å². The minimum atomic E-state index is -6.72. The van der Waals surface area contributed by atoms with Gasteiger partial charge in [0.2, 0.25) is 0 Å². The van der Waals surface area contributed by atoms with Gasteiger partial charge in [0.1, 0.15) is 13.2 Å². The van der Waals surface area contributed by atoms with Gasteiger partial charge in [-0.15, -0.1) is 0 Å². The van der Waals surface area contributed by atoms with Gasteiger partial charge in [-0.1, -0.05) is 13.8 Å². The van der Waals surface area contributed by atoms with E-state index in [2.05, 4.69) is 8.85 Å². The summed E-state index contributed by atoms with van der Waals surface area (Å²) in [6, 6.07) is -1.43. The molecule has 176 valence electrons.